The van der Waals surface area contributed by atoms with E-state index < -0.39 is 0 Å². The van der Waals surface area contributed by atoms with Gasteiger partial charge in [-0.05, 0) is 23.9 Å². The summed E-state index contributed by atoms with van der Waals surface area (Å²) in [7, 11) is 0. The van der Waals surface area contributed by atoms with Crippen LogP contribution in [0.3, 0.4) is 0 Å². The summed E-state index contributed by atoms with van der Waals surface area (Å²) in [6.07, 6.45) is 1.37. The Morgan fingerprint density at radius 2 is 2.46 bits per heavy atom. The first kappa shape index (κ1) is 8.02. The fraction of sp³-hybridized carbons (Fsp3) is 0.111. The molecule has 0 aliphatic heterocycles. The van der Waals surface area contributed by atoms with Crippen molar-refractivity contribution in [2.75, 3.05) is 0 Å². The molecule has 2 heterocycles. The summed E-state index contributed by atoms with van der Waals surface area (Å²) in [6.45, 7) is 1.99. The van der Waals surface area contributed by atoms with Crippen molar-refractivity contribution in [2.24, 2.45) is 0 Å². The summed E-state index contributed by atoms with van der Waals surface area (Å²) in [5, 5.41) is 14.5. The van der Waals surface area contributed by atoms with Crippen LogP contribution in [0.5, 0.6) is 0 Å². The molecule has 13 heavy (non-hydrogen) atoms. The molecule has 0 N–H and O–H groups in total. The smallest absolute Gasteiger partial charge is 0.142 e. The van der Waals surface area contributed by atoms with Crippen LogP contribution < -0.4 is 0 Å². The van der Waals surface area contributed by atoms with Crippen LogP contribution in [-0.4, -0.2) is 5.16 Å². The number of hydrogen-bond donors (Lipinski definition) is 0. The van der Waals surface area contributed by atoms with Crippen LogP contribution in [0.1, 0.15) is 11.1 Å². The molecule has 0 aromatic carbocycles. The first-order chi connectivity index (χ1) is 6.33. The number of thiophene rings is 1. The standard InChI is InChI=1S/C9H6N2OS/c1-6-2-3-13-9(6)8-7(4-10)5-12-11-8/h2-3,5H,1H3. The molecule has 2 aromatic heterocycles. The molecule has 4 heteroatoms. The summed E-state index contributed by atoms with van der Waals surface area (Å²) < 4.78 is 4.75. The van der Waals surface area contributed by atoms with E-state index in [1.807, 2.05) is 24.4 Å². The summed E-state index contributed by atoms with van der Waals surface area (Å²) in [6, 6.07) is 4.04. The quantitative estimate of drug-likeness (QED) is 0.694. The van der Waals surface area contributed by atoms with Gasteiger partial charge in [-0.25, -0.2) is 0 Å². The van der Waals surface area contributed by atoms with Gasteiger partial charge in [-0.15, -0.1) is 11.3 Å². The second-order valence-electron chi connectivity index (χ2n) is 2.62. The highest BCUT2D eigenvalue weighted by Gasteiger charge is 2.12. The van der Waals surface area contributed by atoms with Gasteiger partial charge in [0.05, 0.1) is 4.88 Å². The molecule has 0 unspecified atom stereocenters. The number of nitrogens with zero attached hydrogens (tertiary/aromatic N) is 2. The van der Waals surface area contributed by atoms with Crippen LogP contribution in [0.4, 0.5) is 0 Å². The van der Waals surface area contributed by atoms with Gasteiger partial charge in [0.1, 0.15) is 23.6 Å². The normalized spacial score (nSPS) is 9.85. The number of hydrogen-bond acceptors (Lipinski definition) is 4. The highest BCUT2D eigenvalue weighted by molar-refractivity contribution is 7.13. The third-order valence-electron chi connectivity index (χ3n) is 1.77. The predicted molar refractivity (Wildman–Crippen MR) is 49.3 cm³/mol. The lowest BCUT2D eigenvalue weighted by Gasteiger charge is -1.91. The third-order valence-corrected chi connectivity index (χ3v) is 2.79. The molecule has 0 atom stereocenters. The lowest BCUT2D eigenvalue weighted by Crippen LogP contribution is -1.78. The Bertz CT molecular complexity index is 464. The molecule has 0 spiro atoms. The van der Waals surface area contributed by atoms with Crippen molar-refractivity contribution in [3.8, 4) is 16.6 Å². The van der Waals surface area contributed by atoms with Crippen molar-refractivity contribution < 1.29 is 4.52 Å². The summed E-state index contributed by atoms with van der Waals surface area (Å²) in [4.78, 5) is 1.00. The Morgan fingerprint density at radius 3 is 3.08 bits per heavy atom. The van der Waals surface area contributed by atoms with E-state index in [9.17, 15) is 0 Å². The molecule has 0 aliphatic carbocycles. The van der Waals surface area contributed by atoms with Crippen molar-refractivity contribution in [2.45, 2.75) is 6.92 Å². The van der Waals surface area contributed by atoms with Crippen molar-refractivity contribution in [1.29, 1.82) is 5.26 Å². The second-order valence-corrected chi connectivity index (χ2v) is 3.54. The van der Waals surface area contributed by atoms with Crippen molar-refractivity contribution >= 4 is 11.3 Å². The largest absolute Gasteiger partial charge is 0.363 e. The zero-order valence-corrected chi connectivity index (χ0v) is 7.76. The minimum Gasteiger partial charge on any atom is -0.363 e. The molecular formula is C9H6N2OS. The number of aromatic nitrogens is 1. The lowest BCUT2D eigenvalue weighted by molar-refractivity contribution is 0.422. The molecule has 0 saturated heterocycles. The van der Waals surface area contributed by atoms with E-state index in [-0.39, 0.29) is 0 Å². The fourth-order valence-corrected chi connectivity index (χ4v) is 2.02. The van der Waals surface area contributed by atoms with Gasteiger partial charge >= 0.3 is 0 Å². The van der Waals surface area contributed by atoms with Crippen molar-refractivity contribution in [3.63, 3.8) is 0 Å². The van der Waals surface area contributed by atoms with Gasteiger partial charge in [0.15, 0.2) is 0 Å². The minimum atomic E-state index is 0.491. The zero-order chi connectivity index (χ0) is 9.26. The SMILES string of the molecule is Cc1ccsc1-c1nocc1C#N. The second kappa shape index (κ2) is 3.04. The summed E-state index contributed by atoms with van der Waals surface area (Å²) in [5.74, 6) is 0. The monoisotopic (exact) mass is 190 g/mol. The van der Waals surface area contributed by atoms with Gasteiger partial charge in [-0.1, -0.05) is 5.16 Å². The Labute approximate surface area is 79.2 Å². The van der Waals surface area contributed by atoms with Gasteiger partial charge in [-0.3, -0.25) is 0 Å². The van der Waals surface area contributed by atoms with E-state index >= 15 is 0 Å². The van der Waals surface area contributed by atoms with Gasteiger partial charge in [-0.2, -0.15) is 5.26 Å². The van der Waals surface area contributed by atoms with Crippen molar-refractivity contribution in [1.82, 2.24) is 5.16 Å². The third kappa shape index (κ3) is 1.23. The predicted octanol–water partition coefficient (Wildman–Crippen LogP) is 2.58. The maximum absolute atomic E-state index is 8.75. The maximum Gasteiger partial charge on any atom is 0.142 e. The molecule has 0 radical (unpaired) electrons. The van der Waals surface area contributed by atoms with Gasteiger partial charge in [0.25, 0.3) is 0 Å². The van der Waals surface area contributed by atoms with Crippen molar-refractivity contribution in [3.05, 3.63) is 28.8 Å². The van der Waals surface area contributed by atoms with Crippen LogP contribution in [0, 0.1) is 18.3 Å². The van der Waals surface area contributed by atoms with Crippen LogP contribution in [0.2, 0.25) is 0 Å². The van der Waals surface area contributed by atoms with E-state index in [1.165, 1.54) is 6.26 Å². The highest BCUT2D eigenvalue weighted by Crippen LogP contribution is 2.29. The van der Waals surface area contributed by atoms with Crippen LogP contribution >= 0.6 is 11.3 Å². The number of nitriles is 1. The van der Waals surface area contributed by atoms with Crippen LogP contribution in [-0.2, 0) is 0 Å². The maximum atomic E-state index is 8.75. The average molecular weight is 190 g/mol. The van der Waals surface area contributed by atoms with E-state index in [2.05, 4.69) is 5.16 Å². The molecular weight excluding hydrogens is 184 g/mol. The Hall–Kier alpha value is -1.60. The molecule has 64 valence electrons. The zero-order valence-electron chi connectivity index (χ0n) is 6.94. The number of rotatable bonds is 1. The molecule has 2 aromatic rings. The first-order valence-electron chi connectivity index (χ1n) is 3.72. The first-order valence-corrected chi connectivity index (χ1v) is 4.60. The molecule has 0 amide bonds. The van der Waals surface area contributed by atoms with Crippen LogP contribution in [0.15, 0.2) is 22.2 Å². The van der Waals surface area contributed by atoms with Gasteiger partial charge in [0, 0.05) is 0 Å². The summed E-state index contributed by atoms with van der Waals surface area (Å²) in [5.41, 5.74) is 2.26. The minimum absolute atomic E-state index is 0.491. The Morgan fingerprint density at radius 1 is 1.62 bits per heavy atom. The van der Waals surface area contributed by atoms with Gasteiger partial charge in [0.2, 0.25) is 0 Å². The fourth-order valence-electron chi connectivity index (χ4n) is 1.10. The molecule has 0 aliphatic rings. The molecule has 2 rings (SSSR count). The Kier molecular flexibility index (Phi) is 1.87. The van der Waals surface area contributed by atoms with E-state index in [0.29, 0.717) is 11.3 Å². The van der Waals surface area contributed by atoms with Crippen LogP contribution in [0.25, 0.3) is 10.6 Å². The summed E-state index contributed by atoms with van der Waals surface area (Å²) >= 11 is 1.56. The molecule has 0 bridgehead atoms. The van der Waals surface area contributed by atoms with Gasteiger partial charge < -0.3 is 4.52 Å². The average Bonchev–Trinajstić information content (AvgIpc) is 2.71. The molecule has 3 nitrogen and oxygen atoms in total. The highest BCUT2D eigenvalue weighted by atomic mass is 32.1. The van der Waals surface area contributed by atoms with E-state index in [4.69, 9.17) is 9.78 Å². The van der Waals surface area contributed by atoms with E-state index in [0.717, 1.165) is 10.4 Å². The van der Waals surface area contributed by atoms with E-state index in [1.54, 1.807) is 11.3 Å². The topological polar surface area (TPSA) is 49.8 Å². The number of aryl methyl sites for hydroxylation is 1. The lowest BCUT2D eigenvalue weighted by atomic mass is 10.2. The Balaban J connectivity index is 2.60. The molecule has 0 saturated carbocycles. The molecule has 0 fully saturated rings.